The van der Waals surface area contributed by atoms with Gasteiger partial charge in [0.1, 0.15) is 12.3 Å². The molecule has 0 saturated carbocycles. The number of hydrogen-bond acceptors (Lipinski definition) is 5. The second-order valence-corrected chi connectivity index (χ2v) is 8.26. The predicted octanol–water partition coefficient (Wildman–Crippen LogP) is 2.59. The molecule has 4 aromatic rings. The van der Waals surface area contributed by atoms with Gasteiger partial charge in [-0.25, -0.2) is 9.78 Å². The summed E-state index contributed by atoms with van der Waals surface area (Å²) in [5.74, 6) is 0.482. The molecular formula is C26H24N4O4. The molecule has 172 valence electrons. The van der Waals surface area contributed by atoms with E-state index in [4.69, 9.17) is 4.74 Å². The Labute approximate surface area is 195 Å². The molecule has 0 fully saturated rings. The first kappa shape index (κ1) is 21.6. The van der Waals surface area contributed by atoms with Crippen molar-refractivity contribution < 1.29 is 9.53 Å². The van der Waals surface area contributed by atoms with Crippen LogP contribution >= 0.6 is 0 Å². The van der Waals surface area contributed by atoms with Gasteiger partial charge in [-0.2, -0.15) is 0 Å². The fourth-order valence-electron chi connectivity index (χ4n) is 4.46. The molecule has 1 aliphatic rings. The molecule has 2 aromatic carbocycles. The Morgan fingerprint density at radius 3 is 2.59 bits per heavy atom. The summed E-state index contributed by atoms with van der Waals surface area (Å²) in [7, 11) is 1.57. The van der Waals surface area contributed by atoms with Gasteiger partial charge in [0, 0.05) is 18.4 Å². The van der Waals surface area contributed by atoms with Gasteiger partial charge in [0.05, 0.1) is 19.2 Å². The number of hydrogen-bond donors (Lipinski definition) is 0. The second-order valence-electron chi connectivity index (χ2n) is 8.26. The number of pyridine rings is 1. The first-order valence-electron chi connectivity index (χ1n) is 11.2. The number of amides is 1. The van der Waals surface area contributed by atoms with E-state index in [1.165, 1.54) is 10.8 Å². The lowest BCUT2D eigenvalue weighted by atomic mass is 10.0. The van der Waals surface area contributed by atoms with E-state index in [2.05, 4.69) is 4.98 Å². The molecule has 8 nitrogen and oxygen atoms in total. The normalized spacial score (nSPS) is 13.0. The van der Waals surface area contributed by atoms with Crippen molar-refractivity contribution in [2.45, 2.75) is 25.9 Å². The van der Waals surface area contributed by atoms with Crippen molar-refractivity contribution in [1.82, 2.24) is 14.1 Å². The van der Waals surface area contributed by atoms with Crippen LogP contribution in [0.5, 0.6) is 5.75 Å². The molecule has 0 saturated heterocycles. The maximum absolute atomic E-state index is 13.5. The van der Waals surface area contributed by atoms with E-state index in [1.807, 2.05) is 24.3 Å². The molecule has 34 heavy (non-hydrogen) atoms. The number of para-hydroxylation sites is 1. The van der Waals surface area contributed by atoms with Crippen LogP contribution in [0.25, 0.3) is 11.0 Å². The number of benzene rings is 2. The van der Waals surface area contributed by atoms with Crippen molar-refractivity contribution in [2.24, 2.45) is 0 Å². The lowest BCUT2D eigenvalue weighted by Gasteiger charge is -2.29. The summed E-state index contributed by atoms with van der Waals surface area (Å²) in [5.41, 5.74) is 2.23. The van der Waals surface area contributed by atoms with E-state index < -0.39 is 11.2 Å². The number of anilines is 1. The van der Waals surface area contributed by atoms with E-state index in [1.54, 1.807) is 48.4 Å². The number of carbonyl (C=O) groups is 1. The molecule has 5 rings (SSSR count). The zero-order chi connectivity index (χ0) is 23.7. The molecule has 0 radical (unpaired) electrons. The Balaban J connectivity index is 1.56. The first-order valence-corrected chi connectivity index (χ1v) is 11.2. The Bertz CT molecular complexity index is 1490. The molecule has 0 atom stereocenters. The van der Waals surface area contributed by atoms with Crippen LogP contribution in [-0.4, -0.2) is 33.7 Å². The summed E-state index contributed by atoms with van der Waals surface area (Å²) in [6.07, 6.45) is 3.29. The summed E-state index contributed by atoms with van der Waals surface area (Å²) in [5, 5.41) is 0. The number of rotatable bonds is 5. The highest BCUT2D eigenvalue weighted by Gasteiger charge is 2.24. The van der Waals surface area contributed by atoms with Crippen LogP contribution < -0.4 is 20.9 Å². The average Bonchev–Trinajstić information content (AvgIpc) is 2.89. The highest BCUT2D eigenvalue weighted by molar-refractivity contribution is 5.95. The monoisotopic (exact) mass is 456 g/mol. The number of ether oxygens (including phenoxy) is 1. The second kappa shape index (κ2) is 8.97. The van der Waals surface area contributed by atoms with Crippen molar-refractivity contribution in [3.63, 3.8) is 0 Å². The molecule has 0 aliphatic carbocycles. The SMILES string of the molecule is COc1ccc(Cn2c(=O)c3ncccc3n(CC(=O)N3CCCc4ccccc43)c2=O)cc1. The minimum absolute atomic E-state index is 0.0644. The molecule has 1 aliphatic heterocycles. The maximum Gasteiger partial charge on any atom is 0.332 e. The Kier molecular flexibility index (Phi) is 5.71. The smallest absolute Gasteiger partial charge is 0.332 e. The summed E-state index contributed by atoms with van der Waals surface area (Å²) in [6.45, 7) is 0.472. The number of methoxy groups -OCH3 is 1. The fourth-order valence-corrected chi connectivity index (χ4v) is 4.46. The molecule has 2 aromatic heterocycles. The number of carbonyl (C=O) groups excluding carboxylic acids is 1. The Morgan fingerprint density at radius 1 is 1.00 bits per heavy atom. The molecule has 8 heteroatoms. The lowest BCUT2D eigenvalue weighted by Crippen LogP contribution is -2.44. The minimum Gasteiger partial charge on any atom is -0.497 e. The molecular weight excluding hydrogens is 432 g/mol. The molecule has 0 unspecified atom stereocenters. The van der Waals surface area contributed by atoms with E-state index in [-0.39, 0.29) is 24.5 Å². The van der Waals surface area contributed by atoms with Gasteiger partial charge < -0.3 is 9.64 Å². The highest BCUT2D eigenvalue weighted by atomic mass is 16.5. The number of aryl methyl sites for hydroxylation is 1. The van der Waals surface area contributed by atoms with E-state index in [0.717, 1.165) is 34.2 Å². The Morgan fingerprint density at radius 2 is 1.79 bits per heavy atom. The largest absolute Gasteiger partial charge is 0.497 e. The minimum atomic E-state index is -0.542. The fraction of sp³-hybridized carbons (Fsp3) is 0.231. The quantitative estimate of drug-likeness (QED) is 0.461. The summed E-state index contributed by atoms with van der Waals surface area (Å²) in [6, 6.07) is 18.3. The average molecular weight is 457 g/mol. The summed E-state index contributed by atoms with van der Waals surface area (Å²) < 4.78 is 7.67. The maximum atomic E-state index is 13.5. The topological polar surface area (TPSA) is 86.4 Å². The molecule has 0 spiro atoms. The third-order valence-corrected chi connectivity index (χ3v) is 6.19. The van der Waals surface area contributed by atoms with Gasteiger partial charge in [0.15, 0.2) is 5.52 Å². The zero-order valence-corrected chi connectivity index (χ0v) is 18.8. The van der Waals surface area contributed by atoms with Crippen LogP contribution in [0.4, 0.5) is 5.69 Å². The van der Waals surface area contributed by atoms with E-state index in [9.17, 15) is 14.4 Å². The van der Waals surface area contributed by atoms with Gasteiger partial charge in [0.2, 0.25) is 5.91 Å². The van der Waals surface area contributed by atoms with Crippen LogP contribution in [0.15, 0.2) is 76.4 Å². The third kappa shape index (κ3) is 3.87. The van der Waals surface area contributed by atoms with Gasteiger partial charge in [0.25, 0.3) is 5.56 Å². The van der Waals surface area contributed by atoms with Gasteiger partial charge in [-0.3, -0.25) is 18.7 Å². The van der Waals surface area contributed by atoms with Crippen LogP contribution in [0.2, 0.25) is 0 Å². The predicted molar refractivity (Wildman–Crippen MR) is 129 cm³/mol. The van der Waals surface area contributed by atoms with Crippen molar-refractivity contribution in [2.75, 3.05) is 18.6 Å². The highest BCUT2D eigenvalue weighted by Crippen LogP contribution is 2.27. The van der Waals surface area contributed by atoms with Crippen molar-refractivity contribution in [3.05, 3.63) is 98.8 Å². The van der Waals surface area contributed by atoms with Crippen LogP contribution in [-0.2, 0) is 24.3 Å². The zero-order valence-electron chi connectivity index (χ0n) is 18.8. The van der Waals surface area contributed by atoms with E-state index >= 15 is 0 Å². The number of fused-ring (bicyclic) bond motifs is 2. The van der Waals surface area contributed by atoms with Gasteiger partial charge >= 0.3 is 5.69 Å². The number of nitrogens with zero attached hydrogens (tertiary/aromatic N) is 4. The lowest BCUT2D eigenvalue weighted by molar-refractivity contribution is -0.119. The van der Waals surface area contributed by atoms with Crippen LogP contribution in [0, 0.1) is 0 Å². The van der Waals surface area contributed by atoms with Gasteiger partial charge in [-0.1, -0.05) is 30.3 Å². The number of aromatic nitrogens is 3. The van der Waals surface area contributed by atoms with Crippen LogP contribution in [0.1, 0.15) is 17.5 Å². The first-order chi connectivity index (χ1) is 16.6. The Hall–Kier alpha value is -4.20. The van der Waals surface area contributed by atoms with Crippen molar-refractivity contribution in [1.29, 1.82) is 0 Å². The van der Waals surface area contributed by atoms with Gasteiger partial charge in [-0.15, -0.1) is 0 Å². The molecule has 0 bridgehead atoms. The van der Waals surface area contributed by atoms with Crippen LogP contribution in [0.3, 0.4) is 0 Å². The van der Waals surface area contributed by atoms with E-state index in [0.29, 0.717) is 17.8 Å². The molecule has 1 amide bonds. The van der Waals surface area contributed by atoms with Crippen molar-refractivity contribution in [3.8, 4) is 5.75 Å². The summed E-state index contributed by atoms with van der Waals surface area (Å²) >= 11 is 0. The molecule has 0 N–H and O–H groups in total. The standard InChI is InChI=1S/C26H24N4O4/c1-34-20-12-10-18(11-13-20)16-30-25(32)24-22(9-4-14-27-24)29(26(30)33)17-23(31)28-15-5-7-19-6-2-3-8-21(19)28/h2-4,6,8-14H,5,7,15-17H2,1H3. The van der Waals surface area contributed by atoms with Crippen molar-refractivity contribution >= 4 is 22.6 Å². The summed E-state index contributed by atoms with van der Waals surface area (Å²) in [4.78, 5) is 46.0. The third-order valence-electron chi connectivity index (χ3n) is 6.19. The molecule has 3 heterocycles. The van der Waals surface area contributed by atoms with Gasteiger partial charge in [-0.05, 0) is 54.3 Å².